The highest BCUT2D eigenvalue weighted by Gasteiger charge is 2.38. The van der Waals surface area contributed by atoms with Gasteiger partial charge in [-0.15, -0.1) is 0 Å². The highest BCUT2D eigenvalue weighted by atomic mass is 35.5. The summed E-state index contributed by atoms with van der Waals surface area (Å²) in [4.78, 5) is 15.4. The zero-order valence-corrected chi connectivity index (χ0v) is 15.6. The third-order valence-corrected chi connectivity index (χ3v) is 6.42. The highest BCUT2D eigenvalue weighted by molar-refractivity contribution is 6.32. The third kappa shape index (κ3) is 3.44. The Morgan fingerprint density at radius 2 is 2.12 bits per heavy atom. The topological polar surface area (TPSA) is 29.5 Å². The fraction of sp³-hybridized carbons (Fsp3) is 0.571. The number of carbonyl (C=O) groups is 1. The number of amides is 1. The van der Waals surface area contributed by atoms with E-state index in [1.807, 2.05) is 18.2 Å². The van der Waals surface area contributed by atoms with Crippen molar-refractivity contribution < 1.29 is 9.53 Å². The molecule has 0 spiro atoms. The Labute approximate surface area is 155 Å². The molecule has 0 N–H and O–H groups in total. The molecule has 2 unspecified atom stereocenters. The number of hydrogen-bond donors (Lipinski definition) is 0. The minimum atomic E-state index is 0.242. The van der Waals surface area contributed by atoms with Crippen molar-refractivity contribution in [3.8, 4) is 5.75 Å². The summed E-state index contributed by atoms with van der Waals surface area (Å²) in [5.41, 5.74) is 2.04. The minimum absolute atomic E-state index is 0.242. The second-order valence-corrected chi connectivity index (χ2v) is 8.10. The molecule has 4 heteroatoms. The zero-order valence-electron chi connectivity index (χ0n) is 14.8. The number of hydrogen-bond acceptors (Lipinski definition) is 2. The van der Waals surface area contributed by atoms with Crippen molar-refractivity contribution >= 4 is 17.5 Å². The van der Waals surface area contributed by atoms with Crippen LogP contribution in [0.2, 0.25) is 5.02 Å². The summed E-state index contributed by atoms with van der Waals surface area (Å²) in [6.07, 6.45) is 10.5. The Morgan fingerprint density at radius 3 is 2.88 bits per heavy atom. The van der Waals surface area contributed by atoms with Crippen LogP contribution in [0.4, 0.5) is 0 Å². The van der Waals surface area contributed by atoms with Gasteiger partial charge in [-0.25, -0.2) is 0 Å². The largest absolute Gasteiger partial charge is 0.495 e. The van der Waals surface area contributed by atoms with Gasteiger partial charge in [0, 0.05) is 18.2 Å². The molecule has 0 saturated heterocycles. The summed E-state index contributed by atoms with van der Waals surface area (Å²) in [6, 6.07) is 6.18. The summed E-state index contributed by atoms with van der Waals surface area (Å²) in [7, 11) is 1.63. The molecular weight excluding hydrogens is 334 g/mol. The summed E-state index contributed by atoms with van der Waals surface area (Å²) >= 11 is 6.48. The lowest BCUT2D eigenvalue weighted by molar-refractivity contribution is -0.129. The van der Waals surface area contributed by atoms with E-state index in [9.17, 15) is 4.79 Å². The van der Waals surface area contributed by atoms with E-state index in [0.29, 0.717) is 29.3 Å². The first-order chi connectivity index (χ1) is 12.2. The van der Waals surface area contributed by atoms with Crippen molar-refractivity contribution in [2.75, 3.05) is 7.11 Å². The molecule has 1 aromatic carbocycles. The minimum Gasteiger partial charge on any atom is -0.495 e. The van der Waals surface area contributed by atoms with Gasteiger partial charge in [-0.1, -0.05) is 42.7 Å². The Hall–Kier alpha value is -1.48. The molecule has 0 radical (unpaired) electrons. The maximum absolute atomic E-state index is 13.3. The molecule has 0 aromatic heterocycles. The van der Waals surface area contributed by atoms with E-state index in [4.69, 9.17) is 16.3 Å². The van der Waals surface area contributed by atoms with E-state index in [-0.39, 0.29) is 5.91 Å². The number of benzene rings is 1. The second kappa shape index (κ2) is 7.03. The lowest BCUT2D eigenvalue weighted by atomic mass is 9.72. The van der Waals surface area contributed by atoms with E-state index in [1.54, 1.807) is 7.11 Å². The predicted octanol–water partition coefficient (Wildman–Crippen LogP) is 4.98. The molecule has 3 nitrogen and oxygen atoms in total. The number of rotatable bonds is 5. The normalized spacial score (nSPS) is 25.3. The van der Waals surface area contributed by atoms with Crippen LogP contribution in [-0.2, 0) is 11.3 Å². The molecule has 2 atom stereocenters. The van der Waals surface area contributed by atoms with Gasteiger partial charge < -0.3 is 9.64 Å². The van der Waals surface area contributed by atoms with Crippen molar-refractivity contribution in [1.82, 2.24) is 4.90 Å². The third-order valence-electron chi connectivity index (χ3n) is 5.99. The fourth-order valence-electron chi connectivity index (χ4n) is 4.45. The second-order valence-electron chi connectivity index (χ2n) is 7.72. The van der Waals surface area contributed by atoms with Crippen molar-refractivity contribution in [2.45, 2.75) is 57.5 Å². The van der Waals surface area contributed by atoms with Crippen LogP contribution < -0.4 is 4.74 Å². The van der Waals surface area contributed by atoms with Gasteiger partial charge >= 0.3 is 0 Å². The zero-order chi connectivity index (χ0) is 17.4. The van der Waals surface area contributed by atoms with E-state index < -0.39 is 0 Å². The Morgan fingerprint density at radius 1 is 1.28 bits per heavy atom. The van der Waals surface area contributed by atoms with E-state index in [1.165, 1.54) is 25.7 Å². The van der Waals surface area contributed by atoms with Gasteiger partial charge in [0.25, 0.3) is 0 Å². The number of allylic oxidation sites excluding steroid dienone is 1. The smallest absolute Gasteiger partial charge is 0.250 e. The predicted molar refractivity (Wildman–Crippen MR) is 99.7 cm³/mol. The number of methoxy groups -OCH3 is 1. The van der Waals surface area contributed by atoms with E-state index in [0.717, 1.165) is 36.3 Å². The Balaban J connectivity index is 1.57. The number of ether oxygens (including phenoxy) is 1. The van der Waals surface area contributed by atoms with E-state index in [2.05, 4.69) is 11.0 Å². The lowest BCUT2D eigenvalue weighted by Crippen LogP contribution is -2.37. The Kier molecular flexibility index (Phi) is 4.77. The number of fused-ring (bicyclic) bond motifs is 2. The summed E-state index contributed by atoms with van der Waals surface area (Å²) in [5.74, 6) is 2.20. The molecule has 134 valence electrons. The SMILES string of the molecule is COc1cccc(CN(C(=O)C2=CCC3CCCC2C3)C2CC2)c1Cl. The standard InChI is InChI=1S/C21H26ClNO2/c1-25-19-7-3-6-16(20(19)22)13-23(17-9-10-17)21(24)18-11-8-14-4-2-5-15(18)12-14/h3,6-7,11,14-15,17H,2,4-5,8-10,12-13H2,1H3. The molecular formula is C21H26ClNO2. The van der Waals surface area contributed by atoms with Gasteiger partial charge in [0.15, 0.2) is 0 Å². The maximum Gasteiger partial charge on any atom is 0.250 e. The van der Waals surface area contributed by atoms with Gasteiger partial charge in [-0.05, 0) is 55.6 Å². The molecule has 0 heterocycles. The van der Waals surface area contributed by atoms with E-state index >= 15 is 0 Å². The first-order valence-electron chi connectivity index (χ1n) is 9.49. The molecule has 0 aliphatic heterocycles. The quantitative estimate of drug-likeness (QED) is 0.742. The molecule has 2 fully saturated rings. The molecule has 3 aliphatic rings. The number of halogens is 1. The van der Waals surface area contributed by atoms with Crippen LogP contribution in [0.25, 0.3) is 0 Å². The highest BCUT2D eigenvalue weighted by Crippen LogP contribution is 2.42. The first kappa shape index (κ1) is 17.0. The molecule has 2 saturated carbocycles. The summed E-state index contributed by atoms with van der Waals surface area (Å²) < 4.78 is 5.33. The van der Waals surface area contributed by atoms with Crippen molar-refractivity contribution in [2.24, 2.45) is 11.8 Å². The van der Waals surface area contributed by atoms with Crippen LogP contribution in [0, 0.1) is 11.8 Å². The molecule has 1 amide bonds. The van der Waals surface area contributed by atoms with Crippen LogP contribution in [-0.4, -0.2) is 24.0 Å². The van der Waals surface area contributed by atoms with Gasteiger partial charge in [0.2, 0.25) is 5.91 Å². The van der Waals surface area contributed by atoms with Crippen LogP contribution >= 0.6 is 11.6 Å². The van der Waals surface area contributed by atoms with Gasteiger partial charge in [0.1, 0.15) is 5.75 Å². The lowest BCUT2D eigenvalue weighted by Gasteiger charge is -2.36. The van der Waals surface area contributed by atoms with Gasteiger partial charge in [-0.3, -0.25) is 4.79 Å². The monoisotopic (exact) mass is 359 g/mol. The molecule has 3 aliphatic carbocycles. The maximum atomic E-state index is 13.3. The van der Waals surface area contributed by atoms with Crippen molar-refractivity contribution in [3.05, 3.63) is 40.4 Å². The average molecular weight is 360 g/mol. The number of nitrogens with zero attached hydrogens (tertiary/aromatic N) is 1. The first-order valence-corrected chi connectivity index (χ1v) is 9.87. The van der Waals surface area contributed by atoms with Crippen LogP contribution in [0.15, 0.2) is 29.8 Å². The Bertz CT molecular complexity index is 695. The molecule has 2 bridgehead atoms. The van der Waals surface area contributed by atoms with Gasteiger partial charge in [0.05, 0.1) is 12.1 Å². The van der Waals surface area contributed by atoms with Gasteiger partial charge in [-0.2, -0.15) is 0 Å². The van der Waals surface area contributed by atoms with Crippen LogP contribution in [0.3, 0.4) is 0 Å². The number of carbonyl (C=O) groups excluding carboxylic acids is 1. The molecule has 4 rings (SSSR count). The fourth-order valence-corrected chi connectivity index (χ4v) is 4.71. The van der Waals surface area contributed by atoms with Crippen LogP contribution in [0.1, 0.15) is 50.5 Å². The average Bonchev–Trinajstić information content (AvgIpc) is 3.46. The van der Waals surface area contributed by atoms with Crippen molar-refractivity contribution in [3.63, 3.8) is 0 Å². The molecule has 25 heavy (non-hydrogen) atoms. The summed E-state index contributed by atoms with van der Waals surface area (Å²) in [5, 5.41) is 0.624. The van der Waals surface area contributed by atoms with Crippen molar-refractivity contribution in [1.29, 1.82) is 0 Å². The summed E-state index contributed by atoms with van der Waals surface area (Å²) in [6.45, 7) is 0.576. The molecule has 1 aromatic rings. The van der Waals surface area contributed by atoms with Crippen LogP contribution in [0.5, 0.6) is 5.75 Å².